The summed E-state index contributed by atoms with van der Waals surface area (Å²) in [5.74, 6) is 0.797. The zero-order valence-corrected chi connectivity index (χ0v) is 18.1. The molecule has 2 atom stereocenters. The number of aromatic amines is 1. The summed E-state index contributed by atoms with van der Waals surface area (Å²) in [4.78, 5) is 18.5. The van der Waals surface area contributed by atoms with Crippen LogP contribution in [0.4, 0.5) is 5.82 Å². The van der Waals surface area contributed by atoms with Crippen LogP contribution in [0.5, 0.6) is 0 Å². The summed E-state index contributed by atoms with van der Waals surface area (Å²) in [5, 5.41) is 25.7. The van der Waals surface area contributed by atoms with Gasteiger partial charge in [0.25, 0.3) is 0 Å². The molecule has 10 nitrogen and oxygen atoms in total. The van der Waals surface area contributed by atoms with Crippen molar-refractivity contribution in [1.29, 1.82) is 10.5 Å². The molecule has 6 rings (SSSR count). The van der Waals surface area contributed by atoms with Gasteiger partial charge in [0.1, 0.15) is 29.4 Å². The fourth-order valence-corrected chi connectivity index (χ4v) is 4.87. The molecule has 2 unspecified atom stereocenters. The van der Waals surface area contributed by atoms with Crippen LogP contribution in [0.1, 0.15) is 24.4 Å². The van der Waals surface area contributed by atoms with Crippen molar-refractivity contribution in [2.45, 2.75) is 18.9 Å². The predicted molar refractivity (Wildman–Crippen MR) is 123 cm³/mol. The highest BCUT2D eigenvalue weighted by Crippen LogP contribution is 2.36. The molecule has 5 aromatic heterocycles. The van der Waals surface area contributed by atoms with Crippen LogP contribution in [-0.2, 0) is 0 Å². The lowest BCUT2D eigenvalue weighted by Crippen LogP contribution is -2.26. The normalized spacial score (nSPS) is 16.6. The fraction of sp³-hybridized carbons (Fsp3) is 0.250. The van der Waals surface area contributed by atoms with Gasteiger partial charge in [-0.05, 0) is 18.6 Å². The number of rotatable bonds is 5. The summed E-state index contributed by atoms with van der Waals surface area (Å²) in [6, 6.07) is 8.22. The minimum atomic E-state index is -0.106. The molecule has 0 radical (unpaired) electrons. The van der Waals surface area contributed by atoms with Gasteiger partial charge in [-0.25, -0.2) is 15.0 Å². The first-order valence-corrected chi connectivity index (χ1v) is 11.0. The van der Waals surface area contributed by atoms with Crippen LogP contribution in [0, 0.1) is 28.6 Å². The maximum Gasteiger partial charge on any atom is 0.156 e. The van der Waals surface area contributed by atoms with Crippen LogP contribution < -0.4 is 4.90 Å². The van der Waals surface area contributed by atoms with E-state index >= 15 is 0 Å². The SMILES string of the molecule is N#CCC(C1CCN(c2ncc3ccoc3c2C#N)C1)n1cc(-c2ncnc3[nH]ccc23)cn1. The number of pyridine rings is 1. The lowest BCUT2D eigenvalue weighted by atomic mass is 9.96. The summed E-state index contributed by atoms with van der Waals surface area (Å²) < 4.78 is 7.41. The van der Waals surface area contributed by atoms with Gasteiger partial charge in [0, 0.05) is 53.9 Å². The lowest BCUT2D eigenvalue weighted by molar-refractivity contribution is 0.332. The van der Waals surface area contributed by atoms with E-state index in [1.54, 1.807) is 24.7 Å². The Bertz CT molecular complexity index is 1580. The van der Waals surface area contributed by atoms with Crippen molar-refractivity contribution in [1.82, 2.24) is 29.7 Å². The Labute approximate surface area is 194 Å². The quantitative estimate of drug-likeness (QED) is 0.428. The summed E-state index contributed by atoms with van der Waals surface area (Å²) in [6.07, 6.45) is 11.6. The average molecular weight is 449 g/mol. The zero-order chi connectivity index (χ0) is 23.1. The van der Waals surface area contributed by atoms with Crippen LogP contribution in [0.3, 0.4) is 0 Å². The zero-order valence-electron chi connectivity index (χ0n) is 18.1. The highest BCUT2D eigenvalue weighted by molar-refractivity contribution is 5.90. The van der Waals surface area contributed by atoms with Gasteiger partial charge in [-0.15, -0.1) is 0 Å². The predicted octanol–water partition coefficient (Wildman–Crippen LogP) is 3.82. The molecule has 166 valence electrons. The van der Waals surface area contributed by atoms with Gasteiger partial charge in [-0.1, -0.05) is 0 Å². The van der Waals surface area contributed by atoms with E-state index in [-0.39, 0.29) is 12.0 Å². The van der Waals surface area contributed by atoms with E-state index in [2.05, 4.69) is 42.1 Å². The van der Waals surface area contributed by atoms with Gasteiger partial charge in [-0.3, -0.25) is 4.68 Å². The number of aromatic nitrogens is 6. The number of hydrogen-bond acceptors (Lipinski definition) is 8. The van der Waals surface area contributed by atoms with Gasteiger partial charge in [-0.2, -0.15) is 15.6 Å². The Hall–Kier alpha value is -4.70. The first-order valence-electron chi connectivity index (χ1n) is 11.0. The standard InChI is InChI=1S/C24H19N9O/c25-5-1-20(33-13-17(11-31-33)21-18-2-6-27-23(18)30-14-29-21)16-3-7-32(12-16)24-19(9-26)22-15(10-28-24)4-8-34-22/h2,4,6,8,10-11,13-14,16,20H,1,3,7,12H2,(H,27,29,30). The van der Waals surface area contributed by atoms with Gasteiger partial charge < -0.3 is 14.3 Å². The molecule has 0 aromatic carbocycles. The Balaban J connectivity index is 1.29. The second-order valence-corrected chi connectivity index (χ2v) is 8.37. The van der Waals surface area contributed by atoms with Crippen molar-refractivity contribution in [3.05, 3.63) is 55.1 Å². The number of hydrogen-bond donors (Lipinski definition) is 1. The molecule has 1 aliphatic rings. The van der Waals surface area contributed by atoms with Gasteiger partial charge in [0.15, 0.2) is 5.58 Å². The van der Waals surface area contributed by atoms with Crippen LogP contribution in [0.25, 0.3) is 33.3 Å². The lowest BCUT2D eigenvalue weighted by Gasteiger charge is -2.23. The van der Waals surface area contributed by atoms with E-state index in [1.807, 2.05) is 23.1 Å². The van der Waals surface area contributed by atoms with Crippen molar-refractivity contribution in [2.24, 2.45) is 5.92 Å². The van der Waals surface area contributed by atoms with E-state index in [0.29, 0.717) is 29.9 Å². The van der Waals surface area contributed by atoms with Gasteiger partial charge in [0.2, 0.25) is 0 Å². The minimum Gasteiger partial charge on any atom is -0.463 e. The van der Waals surface area contributed by atoms with Crippen molar-refractivity contribution in [2.75, 3.05) is 18.0 Å². The highest BCUT2D eigenvalue weighted by Gasteiger charge is 2.33. The molecule has 0 saturated carbocycles. The number of H-pyrrole nitrogens is 1. The number of nitrogens with zero attached hydrogens (tertiary/aromatic N) is 8. The second kappa shape index (κ2) is 8.01. The van der Waals surface area contributed by atoms with Crippen LogP contribution in [0.2, 0.25) is 0 Å². The van der Waals surface area contributed by atoms with Crippen molar-refractivity contribution >= 4 is 27.8 Å². The number of nitrogens with one attached hydrogen (secondary N) is 1. The fourth-order valence-electron chi connectivity index (χ4n) is 4.87. The third-order valence-electron chi connectivity index (χ3n) is 6.52. The largest absolute Gasteiger partial charge is 0.463 e. The van der Waals surface area contributed by atoms with E-state index < -0.39 is 0 Å². The van der Waals surface area contributed by atoms with Gasteiger partial charge in [0.05, 0.1) is 36.7 Å². The maximum absolute atomic E-state index is 9.76. The summed E-state index contributed by atoms with van der Waals surface area (Å²) >= 11 is 0. The molecule has 0 bridgehead atoms. The maximum atomic E-state index is 9.76. The van der Waals surface area contributed by atoms with Crippen LogP contribution >= 0.6 is 0 Å². The van der Waals surface area contributed by atoms with Gasteiger partial charge >= 0.3 is 0 Å². The van der Waals surface area contributed by atoms with E-state index in [4.69, 9.17) is 4.42 Å². The van der Waals surface area contributed by atoms with Crippen molar-refractivity contribution in [3.8, 4) is 23.4 Å². The number of anilines is 1. The highest BCUT2D eigenvalue weighted by atomic mass is 16.3. The van der Waals surface area contributed by atoms with E-state index in [9.17, 15) is 10.5 Å². The molecule has 0 amide bonds. The molecule has 1 fully saturated rings. The van der Waals surface area contributed by atoms with E-state index in [1.165, 1.54) is 6.33 Å². The first-order chi connectivity index (χ1) is 16.8. The molecule has 1 N–H and O–H groups in total. The smallest absolute Gasteiger partial charge is 0.156 e. The molecular weight excluding hydrogens is 430 g/mol. The average Bonchev–Trinajstić information content (AvgIpc) is 3.67. The van der Waals surface area contributed by atoms with Crippen molar-refractivity contribution in [3.63, 3.8) is 0 Å². The minimum absolute atomic E-state index is 0.106. The van der Waals surface area contributed by atoms with Crippen molar-refractivity contribution < 1.29 is 4.42 Å². The van der Waals surface area contributed by atoms with Crippen LogP contribution in [0.15, 0.2) is 53.9 Å². The Morgan fingerprint density at radius 3 is 3.03 bits per heavy atom. The third kappa shape index (κ3) is 3.16. The molecular formula is C24H19N9O. The molecule has 0 aliphatic carbocycles. The third-order valence-corrected chi connectivity index (χ3v) is 6.52. The topological polar surface area (TPSA) is 136 Å². The molecule has 6 heterocycles. The summed E-state index contributed by atoms with van der Waals surface area (Å²) in [6.45, 7) is 1.41. The number of fused-ring (bicyclic) bond motifs is 2. The summed E-state index contributed by atoms with van der Waals surface area (Å²) in [7, 11) is 0. The molecule has 5 aromatic rings. The molecule has 0 spiro atoms. The Morgan fingerprint density at radius 2 is 2.15 bits per heavy atom. The molecule has 1 saturated heterocycles. The summed E-state index contributed by atoms with van der Waals surface area (Å²) in [5.41, 5.74) is 3.45. The Kier molecular flexibility index (Phi) is 4.70. The monoisotopic (exact) mass is 449 g/mol. The Morgan fingerprint density at radius 1 is 1.21 bits per heavy atom. The van der Waals surface area contributed by atoms with E-state index in [0.717, 1.165) is 40.6 Å². The molecule has 10 heteroatoms. The second-order valence-electron chi connectivity index (χ2n) is 8.37. The molecule has 1 aliphatic heterocycles. The number of furan rings is 1. The first kappa shape index (κ1) is 19.9. The van der Waals surface area contributed by atoms with Crippen LogP contribution in [-0.4, -0.2) is 42.8 Å². The number of nitriles is 2. The molecule has 34 heavy (non-hydrogen) atoms.